The van der Waals surface area contributed by atoms with E-state index in [0.29, 0.717) is 10.3 Å². The summed E-state index contributed by atoms with van der Waals surface area (Å²) in [6, 6.07) is 16.9. The molecule has 0 unspecified atom stereocenters. The van der Waals surface area contributed by atoms with Crippen LogP contribution >= 0.6 is 39.1 Å². The van der Waals surface area contributed by atoms with Crippen LogP contribution in [-0.4, -0.2) is 10.3 Å². The van der Waals surface area contributed by atoms with Gasteiger partial charge in [-0.3, -0.25) is 0 Å². The maximum Gasteiger partial charge on any atom is 0.158 e. The molecule has 19 heavy (non-hydrogen) atoms. The second kappa shape index (κ2) is 6.85. The average Bonchev–Trinajstić information content (AvgIpc) is 2.46. The van der Waals surface area contributed by atoms with E-state index >= 15 is 0 Å². The Kier molecular flexibility index (Phi) is 5.14. The van der Waals surface area contributed by atoms with E-state index in [2.05, 4.69) is 26.1 Å². The zero-order chi connectivity index (χ0) is 13.7. The van der Waals surface area contributed by atoms with Crippen LogP contribution in [0.25, 0.3) is 0 Å². The van der Waals surface area contributed by atoms with E-state index in [4.69, 9.17) is 23.2 Å². The highest BCUT2D eigenvalue weighted by Crippen LogP contribution is 2.13. The molecule has 2 aromatic carbocycles. The third kappa shape index (κ3) is 4.16. The fourth-order valence-corrected chi connectivity index (χ4v) is 1.96. The normalized spacial score (nSPS) is 12.6. The first-order valence-electron chi connectivity index (χ1n) is 5.45. The van der Waals surface area contributed by atoms with Crippen LogP contribution in [0.5, 0.6) is 0 Å². The van der Waals surface area contributed by atoms with Crippen LogP contribution in [0.1, 0.15) is 11.1 Å². The average molecular weight is 356 g/mol. The lowest BCUT2D eigenvalue weighted by Gasteiger charge is -1.98. The molecule has 0 bridgehead atoms. The lowest BCUT2D eigenvalue weighted by Crippen LogP contribution is -1.92. The minimum atomic E-state index is 0.293. The van der Waals surface area contributed by atoms with Crippen molar-refractivity contribution in [3.05, 3.63) is 70.2 Å². The van der Waals surface area contributed by atoms with Gasteiger partial charge in [-0.25, -0.2) is 0 Å². The van der Waals surface area contributed by atoms with Gasteiger partial charge in [0.15, 0.2) is 10.3 Å². The van der Waals surface area contributed by atoms with E-state index in [-0.39, 0.29) is 0 Å². The quantitative estimate of drug-likeness (QED) is 0.544. The highest BCUT2D eigenvalue weighted by molar-refractivity contribution is 9.10. The molecular weight excluding hydrogens is 347 g/mol. The summed E-state index contributed by atoms with van der Waals surface area (Å²) in [4.78, 5) is 0. The zero-order valence-corrected chi connectivity index (χ0v) is 12.8. The smallest absolute Gasteiger partial charge is 0.136 e. The number of halogens is 3. The summed E-state index contributed by atoms with van der Waals surface area (Å²) in [6.07, 6.45) is 0. The van der Waals surface area contributed by atoms with Gasteiger partial charge in [0.2, 0.25) is 0 Å². The van der Waals surface area contributed by atoms with Gasteiger partial charge >= 0.3 is 0 Å². The molecule has 0 aliphatic carbocycles. The van der Waals surface area contributed by atoms with Crippen molar-refractivity contribution < 1.29 is 0 Å². The van der Waals surface area contributed by atoms with Crippen molar-refractivity contribution in [3.63, 3.8) is 0 Å². The van der Waals surface area contributed by atoms with Crippen molar-refractivity contribution in [1.29, 1.82) is 0 Å². The number of benzene rings is 2. The lowest BCUT2D eigenvalue weighted by molar-refractivity contribution is 1.25. The van der Waals surface area contributed by atoms with E-state index in [1.807, 2.05) is 54.6 Å². The molecule has 0 aliphatic rings. The van der Waals surface area contributed by atoms with Crippen molar-refractivity contribution in [1.82, 2.24) is 0 Å². The van der Waals surface area contributed by atoms with Crippen LogP contribution in [0.2, 0.25) is 0 Å². The van der Waals surface area contributed by atoms with Crippen molar-refractivity contribution in [2.75, 3.05) is 0 Å². The van der Waals surface area contributed by atoms with Crippen molar-refractivity contribution in [3.8, 4) is 0 Å². The van der Waals surface area contributed by atoms with E-state index < -0.39 is 0 Å². The predicted molar refractivity (Wildman–Crippen MR) is 85.4 cm³/mol. The third-order valence-corrected chi connectivity index (χ3v) is 3.44. The Labute approximate surface area is 129 Å². The SMILES string of the molecule is Cl/C(=N\N=C(/Cl)c1ccc(Br)cc1)c1ccccc1. The fraction of sp³-hybridized carbons (Fsp3) is 0. The molecule has 96 valence electrons. The molecule has 0 amide bonds. The first-order chi connectivity index (χ1) is 9.16. The van der Waals surface area contributed by atoms with Crippen LogP contribution < -0.4 is 0 Å². The predicted octanol–water partition coefficient (Wildman–Crippen LogP) is 5.04. The maximum absolute atomic E-state index is 6.06. The standard InChI is InChI=1S/C14H9BrCl2N2/c15-12-8-6-11(7-9-12)14(17)19-18-13(16)10-4-2-1-3-5-10/h1-9H/b18-13-,19-14-. The van der Waals surface area contributed by atoms with E-state index in [1.165, 1.54) is 0 Å². The second-order valence-electron chi connectivity index (χ2n) is 3.65. The zero-order valence-electron chi connectivity index (χ0n) is 9.72. The molecule has 0 spiro atoms. The van der Waals surface area contributed by atoms with Gasteiger partial charge in [-0.05, 0) is 12.1 Å². The number of hydrogen-bond acceptors (Lipinski definition) is 2. The molecule has 0 N–H and O–H groups in total. The third-order valence-electron chi connectivity index (χ3n) is 2.32. The Morgan fingerprint density at radius 3 is 1.74 bits per heavy atom. The molecule has 0 aromatic heterocycles. The Morgan fingerprint density at radius 1 is 0.737 bits per heavy atom. The molecule has 0 saturated heterocycles. The van der Waals surface area contributed by atoms with Crippen LogP contribution in [0.3, 0.4) is 0 Å². The monoisotopic (exact) mass is 354 g/mol. The van der Waals surface area contributed by atoms with E-state index in [1.54, 1.807) is 0 Å². The summed E-state index contributed by atoms with van der Waals surface area (Å²) < 4.78 is 0.978. The van der Waals surface area contributed by atoms with Gasteiger partial charge in [-0.1, -0.05) is 81.6 Å². The van der Waals surface area contributed by atoms with Crippen molar-refractivity contribution >= 4 is 49.5 Å². The molecule has 0 fully saturated rings. The van der Waals surface area contributed by atoms with Gasteiger partial charge in [0.1, 0.15) is 0 Å². The summed E-state index contributed by atoms with van der Waals surface area (Å²) in [7, 11) is 0. The topological polar surface area (TPSA) is 24.7 Å². The molecule has 2 nitrogen and oxygen atoms in total. The molecule has 0 aliphatic heterocycles. The highest BCUT2D eigenvalue weighted by Gasteiger charge is 2.01. The highest BCUT2D eigenvalue weighted by atomic mass is 79.9. The minimum Gasteiger partial charge on any atom is -0.136 e. The Balaban J connectivity index is 2.20. The molecule has 5 heteroatoms. The van der Waals surface area contributed by atoms with E-state index in [9.17, 15) is 0 Å². The molecular formula is C14H9BrCl2N2. The van der Waals surface area contributed by atoms with Gasteiger partial charge in [-0.2, -0.15) is 0 Å². The number of nitrogens with zero attached hydrogens (tertiary/aromatic N) is 2. The molecule has 2 aromatic rings. The molecule has 0 saturated carbocycles. The Morgan fingerprint density at radius 2 is 1.21 bits per heavy atom. The van der Waals surface area contributed by atoms with Gasteiger partial charge < -0.3 is 0 Å². The first kappa shape index (κ1) is 14.3. The van der Waals surface area contributed by atoms with Crippen molar-refractivity contribution in [2.45, 2.75) is 0 Å². The maximum atomic E-state index is 6.06. The van der Waals surface area contributed by atoms with Gasteiger partial charge in [-0.15, -0.1) is 10.2 Å². The van der Waals surface area contributed by atoms with Gasteiger partial charge in [0, 0.05) is 15.6 Å². The minimum absolute atomic E-state index is 0.293. The number of rotatable bonds is 3. The summed E-state index contributed by atoms with van der Waals surface area (Å²) in [5, 5.41) is 8.44. The summed E-state index contributed by atoms with van der Waals surface area (Å²) in [5.74, 6) is 0. The van der Waals surface area contributed by atoms with Crippen LogP contribution in [-0.2, 0) is 0 Å². The molecule has 0 heterocycles. The first-order valence-corrected chi connectivity index (χ1v) is 7.00. The Bertz CT molecular complexity index is 607. The van der Waals surface area contributed by atoms with E-state index in [0.717, 1.165) is 15.6 Å². The van der Waals surface area contributed by atoms with Crippen LogP contribution in [0.4, 0.5) is 0 Å². The van der Waals surface area contributed by atoms with Crippen LogP contribution in [0, 0.1) is 0 Å². The Hall–Kier alpha value is -1.16. The summed E-state index contributed by atoms with van der Waals surface area (Å²) in [6.45, 7) is 0. The molecule has 0 atom stereocenters. The summed E-state index contributed by atoms with van der Waals surface area (Å²) in [5.41, 5.74) is 1.58. The van der Waals surface area contributed by atoms with Gasteiger partial charge in [0.25, 0.3) is 0 Å². The number of hydrogen-bond donors (Lipinski definition) is 0. The lowest BCUT2D eigenvalue weighted by atomic mass is 10.2. The second-order valence-corrected chi connectivity index (χ2v) is 5.29. The summed E-state index contributed by atoms with van der Waals surface area (Å²) >= 11 is 15.5. The van der Waals surface area contributed by atoms with Crippen molar-refractivity contribution in [2.24, 2.45) is 10.2 Å². The van der Waals surface area contributed by atoms with Gasteiger partial charge in [0.05, 0.1) is 0 Å². The molecule has 0 radical (unpaired) electrons. The van der Waals surface area contributed by atoms with Crippen LogP contribution in [0.15, 0.2) is 69.3 Å². The largest absolute Gasteiger partial charge is 0.158 e. The molecule has 2 rings (SSSR count). The fourth-order valence-electron chi connectivity index (χ4n) is 1.37.